The van der Waals surface area contributed by atoms with Gasteiger partial charge in [-0.3, -0.25) is 9.69 Å². The number of hydrogen-bond acceptors (Lipinski definition) is 7. The molecular weight excluding hydrogens is 420 g/mol. The number of anilines is 2. The van der Waals surface area contributed by atoms with E-state index in [2.05, 4.69) is 20.2 Å². The fourth-order valence-corrected chi connectivity index (χ4v) is 3.78. The summed E-state index contributed by atoms with van der Waals surface area (Å²) in [4.78, 5) is 22.1. The molecule has 0 bridgehead atoms. The molecule has 3 aromatic rings. The minimum Gasteiger partial charge on any atom is -0.497 e. The van der Waals surface area contributed by atoms with Gasteiger partial charge in [-0.1, -0.05) is 12.1 Å². The largest absolute Gasteiger partial charge is 0.497 e. The number of aliphatic carboxylic acids is 1. The lowest BCUT2D eigenvalue weighted by Crippen LogP contribution is -2.38. The molecule has 2 N–H and O–H groups in total. The highest BCUT2D eigenvalue weighted by atomic mass is 16.5. The average Bonchev–Trinajstić information content (AvgIpc) is 2.86. The minimum absolute atomic E-state index is 0.204. The first-order valence-electron chi connectivity index (χ1n) is 11.0. The van der Waals surface area contributed by atoms with Crippen molar-refractivity contribution in [1.29, 1.82) is 0 Å². The summed E-state index contributed by atoms with van der Waals surface area (Å²) in [5.41, 5.74) is 2.82. The molecule has 1 aromatic heterocycles. The number of nitrogens with one attached hydrogen (secondary N) is 1. The van der Waals surface area contributed by atoms with Crippen molar-refractivity contribution in [2.24, 2.45) is 5.92 Å². The average molecular weight is 449 g/mol. The van der Waals surface area contributed by atoms with E-state index in [1.807, 2.05) is 48.5 Å². The van der Waals surface area contributed by atoms with Crippen LogP contribution in [-0.4, -0.2) is 59.3 Å². The van der Waals surface area contributed by atoms with Crippen molar-refractivity contribution in [3.05, 3.63) is 60.9 Å². The molecule has 8 nitrogen and oxygen atoms in total. The van der Waals surface area contributed by atoms with E-state index in [1.54, 1.807) is 19.5 Å². The summed E-state index contributed by atoms with van der Waals surface area (Å²) >= 11 is 0. The highest BCUT2D eigenvalue weighted by Crippen LogP contribution is 2.23. The Morgan fingerprint density at radius 3 is 2.24 bits per heavy atom. The molecule has 2 aromatic carbocycles. The Morgan fingerprint density at radius 1 is 1.00 bits per heavy atom. The van der Waals surface area contributed by atoms with Crippen molar-refractivity contribution in [2.75, 3.05) is 38.7 Å². The normalized spacial score (nSPS) is 14.6. The minimum atomic E-state index is -0.682. The van der Waals surface area contributed by atoms with Crippen LogP contribution in [-0.2, 0) is 4.79 Å². The topological polar surface area (TPSA) is 96.8 Å². The molecule has 4 rings (SSSR count). The van der Waals surface area contributed by atoms with Crippen LogP contribution in [0.3, 0.4) is 0 Å². The molecule has 2 heterocycles. The number of methoxy groups -OCH3 is 1. The second kappa shape index (κ2) is 10.8. The summed E-state index contributed by atoms with van der Waals surface area (Å²) < 4.78 is 11.0. The number of ether oxygens (including phenoxy) is 2. The molecule has 1 fully saturated rings. The van der Waals surface area contributed by atoms with Crippen molar-refractivity contribution < 1.29 is 19.4 Å². The first-order valence-corrected chi connectivity index (χ1v) is 11.0. The van der Waals surface area contributed by atoms with Crippen molar-refractivity contribution in [2.45, 2.75) is 12.8 Å². The number of carbonyl (C=O) groups is 1. The van der Waals surface area contributed by atoms with Gasteiger partial charge in [-0.25, -0.2) is 9.97 Å². The number of carboxylic acids is 1. The van der Waals surface area contributed by atoms with Crippen molar-refractivity contribution in [3.63, 3.8) is 0 Å². The maximum atomic E-state index is 11.0. The SMILES string of the molecule is COc1ccc(-c2cnc(Nc3ccc(OCCN4CCC(C(=O)O)CC4)cc3)nc2)cc1. The summed E-state index contributed by atoms with van der Waals surface area (Å²) in [6.07, 6.45) is 4.99. The number of likely N-dealkylation sites (tertiary alicyclic amines) is 1. The third-order valence-corrected chi connectivity index (χ3v) is 5.80. The first kappa shape index (κ1) is 22.5. The number of piperidine rings is 1. The lowest BCUT2D eigenvalue weighted by Gasteiger charge is -2.29. The number of nitrogens with zero attached hydrogens (tertiary/aromatic N) is 3. The summed E-state index contributed by atoms with van der Waals surface area (Å²) in [7, 11) is 1.64. The molecule has 1 aliphatic rings. The third kappa shape index (κ3) is 6.20. The standard InChI is InChI=1S/C25H28N4O4/c1-32-22-6-2-18(3-7-22)20-16-26-25(27-17-20)28-21-4-8-23(9-5-21)33-15-14-29-12-10-19(11-13-29)24(30)31/h2-9,16-17,19H,10-15H2,1H3,(H,30,31)(H,26,27,28). The molecule has 0 spiro atoms. The van der Waals surface area contributed by atoms with Gasteiger partial charge >= 0.3 is 5.97 Å². The zero-order chi connectivity index (χ0) is 23.0. The quantitative estimate of drug-likeness (QED) is 0.506. The molecule has 0 saturated carbocycles. The van der Waals surface area contributed by atoms with Gasteiger partial charge in [0.25, 0.3) is 0 Å². The molecule has 1 saturated heterocycles. The van der Waals surface area contributed by atoms with Gasteiger partial charge in [0, 0.05) is 30.2 Å². The number of carboxylic acid groups (broad SMARTS) is 1. The van der Waals surface area contributed by atoms with Crippen LogP contribution in [0.5, 0.6) is 11.5 Å². The molecule has 33 heavy (non-hydrogen) atoms. The van der Waals surface area contributed by atoms with E-state index in [1.165, 1.54) is 0 Å². The van der Waals surface area contributed by atoms with Gasteiger partial charge in [-0.15, -0.1) is 0 Å². The molecule has 0 atom stereocenters. The maximum absolute atomic E-state index is 11.0. The van der Waals surface area contributed by atoms with Crippen molar-refractivity contribution >= 4 is 17.6 Å². The van der Waals surface area contributed by atoms with E-state index in [-0.39, 0.29) is 5.92 Å². The van der Waals surface area contributed by atoms with E-state index in [9.17, 15) is 4.79 Å². The van der Waals surface area contributed by atoms with E-state index >= 15 is 0 Å². The second-order valence-corrected chi connectivity index (χ2v) is 7.98. The lowest BCUT2D eigenvalue weighted by molar-refractivity contribution is -0.143. The van der Waals surface area contributed by atoms with E-state index in [4.69, 9.17) is 14.6 Å². The number of benzene rings is 2. The van der Waals surface area contributed by atoms with Crippen LogP contribution in [0.15, 0.2) is 60.9 Å². The summed E-state index contributed by atoms with van der Waals surface area (Å²) in [6, 6.07) is 15.4. The van der Waals surface area contributed by atoms with Crippen LogP contribution in [0, 0.1) is 5.92 Å². The lowest BCUT2D eigenvalue weighted by atomic mass is 9.97. The van der Waals surface area contributed by atoms with Gasteiger partial charge in [-0.05, 0) is 67.9 Å². The molecule has 8 heteroatoms. The van der Waals surface area contributed by atoms with Gasteiger partial charge in [0.15, 0.2) is 0 Å². The smallest absolute Gasteiger partial charge is 0.306 e. The zero-order valence-electron chi connectivity index (χ0n) is 18.6. The summed E-state index contributed by atoms with van der Waals surface area (Å²) in [6.45, 7) is 2.97. The Hall–Kier alpha value is -3.65. The zero-order valence-corrected chi connectivity index (χ0v) is 18.6. The molecule has 172 valence electrons. The third-order valence-electron chi connectivity index (χ3n) is 5.80. The van der Waals surface area contributed by atoms with Gasteiger partial charge in [0.1, 0.15) is 18.1 Å². The molecule has 0 unspecified atom stereocenters. The van der Waals surface area contributed by atoms with E-state index in [0.29, 0.717) is 25.4 Å². The molecule has 0 amide bonds. The number of rotatable bonds is 9. The van der Waals surface area contributed by atoms with E-state index < -0.39 is 5.97 Å². The number of hydrogen-bond donors (Lipinski definition) is 2. The Kier molecular flexibility index (Phi) is 7.36. The molecular formula is C25H28N4O4. The molecule has 0 radical (unpaired) electrons. The Bertz CT molecular complexity index is 1030. The molecule has 1 aliphatic heterocycles. The van der Waals surface area contributed by atoms with Crippen LogP contribution in [0.2, 0.25) is 0 Å². The monoisotopic (exact) mass is 448 g/mol. The van der Waals surface area contributed by atoms with Crippen molar-refractivity contribution in [3.8, 4) is 22.6 Å². The maximum Gasteiger partial charge on any atom is 0.306 e. The highest BCUT2D eigenvalue weighted by molar-refractivity contribution is 5.70. The summed E-state index contributed by atoms with van der Waals surface area (Å²) in [5, 5.41) is 12.3. The summed E-state index contributed by atoms with van der Waals surface area (Å²) in [5.74, 6) is 1.23. The second-order valence-electron chi connectivity index (χ2n) is 7.98. The fraction of sp³-hybridized carbons (Fsp3) is 0.320. The van der Waals surface area contributed by atoms with Crippen LogP contribution < -0.4 is 14.8 Å². The Labute approximate surface area is 193 Å². The number of aromatic nitrogens is 2. The van der Waals surface area contributed by atoms with Crippen LogP contribution >= 0.6 is 0 Å². The Balaban J connectivity index is 1.23. The first-order chi connectivity index (χ1) is 16.1. The van der Waals surface area contributed by atoms with E-state index in [0.717, 1.165) is 47.9 Å². The van der Waals surface area contributed by atoms with Crippen LogP contribution in [0.25, 0.3) is 11.1 Å². The van der Waals surface area contributed by atoms with Gasteiger partial charge in [-0.2, -0.15) is 0 Å². The predicted molar refractivity (Wildman–Crippen MR) is 126 cm³/mol. The Morgan fingerprint density at radius 2 is 1.64 bits per heavy atom. The van der Waals surface area contributed by atoms with Crippen LogP contribution in [0.1, 0.15) is 12.8 Å². The predicted octanol–water partition coefficient (Wildman–Crippen LogP) is 4.07. The molecule has 0 aliphatic carbocycles. The van der Waals surface area contributed by atoms with Gasteiger partial charge in [0.2, 0.25) is 5.95 Å². The van der Waals surface area contributed by atoms with Crippen LogP contribution in [0.4, 0.5) is 11.6 Å². The van der Waals surface area contributed by atoms with Gasteiger partial charge < -0.3 is 19.9 Å². The van der Waals surface area contributed by atoms with Crippen molar-refractivity contribution in [1.82, 2.24) is 14.9 Å². The fourth-order valence-electron chi connectivity index (χ4n) is 3.78. The van der Waals surface area contributed by atoms with Gasteiger partial charge in [0.05, 0.1) is 13.0 Å². The highest BCUT2D eigenvalue weighted by Gasteiger charge is 2.24.